The Morgan fingerprint density at radius 3 is 2.35 bits per heavy atom. The van der Waals surface area contributed by atoms with Gasteiger partial charge in [0, 0.05) is 18.8 Å². The van der Waals surface area contributed by atoms with E-state index in [0.29, 0.717) is 12.2 Å². The fraction of sp³-hybridized carbons (Fsp3) is 0.0952. The number of carbonyl (C=O) groups excluding carboxylic acids is 1. The molecule has 0 heterocycles. The first-order chi connectivity index (χ1) is 12.6. The summed E-state index contributed by atoms with van der Waals surface area (Å²) in [5.41, 5.74) is 2.88. The van der Waals surface area contributed by atoms with Crippen molar-refractivity contribution in [2.45, 2.75) is 13.1 Å². The highest BCUT2D eigenvalue weighted by Crippen LogP contribution is 2.23. The molecule has 0 unspecified atom stereocenters. The molecule has 0 radical (unpaired) electrons. The highest BCUT2D eigenvalue weighted by Gasteiger charge is 2.12. The maximum absolute atomic E-state index is 12.3. The molecule has 0 aliphatic heterocycles. The fourth-order valence-electron chi connectivity index (χ4n) is 2.61. The first-order valence-corrected chi connectivity index (χ1v) is 8.29. The molecule has 3 aromatic rings. The van der Waals surface area contributed by atoms with Crippen molar-refractivity contribution >= 4 is 11.6 Å². The van der Waals surface area contributed by atoms with Crippen molar-refractivity contribution < 1.29 is 15.0 Å². The van der Waals surface area contributed by atoms with Gasteiger partial charge in [0.15, 0.2) is 0 Å². The van der Waals surface area contributed by atoms with E-state index >= 15 is 0 Å². The van der Waals surface area contributed by atoms with E-state index in [2.05, 4.69) is 22.8 Å². The number of rotatable bonds is 6. The Kier molecular flexibility index (Phi) is 5.51. The summed E-state index contributed by atoms with van der Waals surface area (Å²) in [5.74, 6) is -0.736. The molecule has 0 saturated heterocycles. The average Bonchev–Trinajstić information content (AvgIpc) is 2.65. The SMILES string of the molecule is O=C(Nc1cccc(CNCc2ccccc2)c1)c1cc(O)ccc1O. The molecule has 5 nitrogen and oxygen atoms in total. The van der Waals surface area contributed by atoms with E-state index in [4.69, 9.17) is 0 Å². The maximum atomic E-state index is 12.3. The van der Waals surface area contributed by atoms with Gasteiger partial charge >= 0.3 is 0 Å². The molecule has 0 aliphatic rings. The van der Waals surface area contributed by atoms with Crippen molar-refractivity contribution in [2.24, 2.45) is 0 Å². The molecule has 132 valence electrons. The van der Waals surface area contributed by atoms with Crippen LogP contribution in [-0.4, -0.2) is 16.1 Å². The Morgan fingerprint density at radius 2 is 1.54 bits per heavy atom. The highest BCUT2D eigenvalue weighted by atomic mass is 16.3. The Bertz CT molecular complexity index is 895. The van der Waals surface area contributed by atoms with Crippen LogP contribution in [0.4, 0.5) is 5.69 Å². The number of hydrogen-bond acceptors (Lipinski definition) is 4. The van der Waals surface area contributed by atoms with Crippen molar-refractivity contribution in [3.8, 4) is 11.5 Å². The largest absolute Gasteiger partial charge is 0.508 e. The Balaban J connectivity index is 1.62. The third-order valence-corrected chi connectivity index (χ3v) is 3.91. The van der Waals surface area contributed by atoms with Crippen LogP contribution in [0.3, 0.4) is 0 Å². The Labute approximate surface area is 151 Å². The topological polar surface area (TPSA) is 81.6 Å². The van der Waals surface area contributed by atoms with Crippen molar-refractivity contribution in [1.29, 1.82) is 0 Å². The molecule has 0 atom stereocenters. The summed E-state index contributed by atoms with van der Waals surface area (Å²) in [6, 6.07) is 21.4. The molecule has 3 aromatic carbocycles. The van der Waals surface area contributed by atoms with Gasteiger partial charge in [-0.3, -0.25) is 4.79 Å². The Hall–Kier alpha value is -3.31. The van der Waals surface area contributed by atoms with Gasteiger partial charge in [-0.2, -0.15) is 0 Å². The number of hydrogen-bond donors (Lipinski definition) is 4. The molecule has 0 saturated carbocycles. The van der Waals surface area contributed by atoms with Crippen LogP contribution in [0, 0.1) is 0 Å². The van der Waals surface area contributed by atoms with Crippen LogP contribution in [0.15, 0.2) is 72.8 Å². The van der Waals surface area contributed by atoms with Crippen LogP contribution in [0.2, 0.25) is 0 Å². The summed E-state index contributed by atoms with van der Waals surface area (Å²) < 4.78 is 0. The van der Waals surface area contributed by atoms with Gasteiger partial charge < -0.3 is 20.8 Å². The molecular formula is C21H20N2O3. The van der Waals surface area contributed by atoms with Crippen molar-refractivity contribution in [1.82, 2.24) is 5.32 Å². The molecule has 0 fully saturated rings. The summed E-state index contributed by atoms with van der Waals surface area (Å²) in [6.45, 7) is 1.42. The van der Waals surface area contributed by atoms with E-state index in [9.17, 15) is 15.0 Å². The second kappa shape index (κ2) is 8.18. The standard InChI is InChI=1S/C21H20N2O3/c24-18-9-10-20(25)19(12-18)21(26)23-17-8-4-7-16(11-17)14-22-13-15-5-2-1-3-6-15/h1-12,22,24-25H,13-14H2,(H,23,26). The number of nitrogens with one attached hydrogen (secondary N) is 2. The third kappa shape index (κ3) is 4.62. The summed E-state index contributed by atoms with van der Waals surface area (Å²) in [5, 5.41) is 25.4. The quantitative estimate of drug-likeness (QED) is 0.513. The summed E-state index contributed by atoms with van der Waals surface area (Å²) in [7, 11) is 0. The van der Waals surface area contributed by atoms with Crippen molar-refractivity contribution in [2.75, 3.05) is 5.32 Å². The molecular weight excluding hydrogens is 328 g/mol. The lowest BCUT2D eigenvalue weighted by molar-refractivity contribution is 0.102. The third-order valence-electron chi connectivity index (χ3n) is 3.91. The van der Waals surface area contributed by atoms with E-state index in [1.54, 1.807) is 6.07 Å². The zero-order valence-corrected chi connectivity index (χ0v) is 14.1. The van der Waals surface area contributed by atoms with Crippen LogP contribution in [-0.2, 0) is 13.1 Å². The minimum absolute atomic E-state index is 0.0256. The minimum Gasteiger partial charge on any atom is -0.508 e. The summed E-state index contributed by atoms with van der Waals surface area (Å²) in [6.07, 6.45) is 0. The van der Waals surface area contributed by atoms with E-state index in [-0.39, 0.29) is 17.1 Å². The van der Waals surface area contributed by atoms with Gasteiger partial charge in [-0.05, 0) is 41.5 Å². The number of phenols is 2. The van der Waals surface area contributed by atoms with Crippen LogP contribution >= 0.6 is 0 Å². The minimum atomic E-state index is -0.479. The molecule has 0 bridgehead atoms. The number of phenolic OH excluding ortho intramolecular Hbond substituents is 2. The normalized spacial score (nSPS) is 10.5. The van der Waals surface area contributed by atoms with Crippen molar-refractivity contribution in [3.63, 3.8) is 0 Å². The fourth-order valence-corrected chi connectivity index (χ4v) is 2.61. The lowest BCUT2D eigenvalue weighted by Gasteiger charge is -2.10. The molecule has 0 spiro atoms. The predicted molar refractivity (Wildman–Crippen MR) is 101 cm³/mol. The van der Waals surface area contributed by atoms with Crippen LogP contribution in [0.25, 0.3) is 0 Å². The Morgan fingerprint density at radius 1 is 0.808 bits per heavy atom. The van der Waals surface area contributed by atoms with Crippen molar-refractivity contribution in [3.05, 3.63) is 89.5 Å². The zero-order chi connectivity index (χ0) is 18.4. The number of carbonyl (C=O) groups is 1. The lowest BCUT2D eigenvalue weighted by Crippen LogP contribution is -2.14. The van der Waals surface area contributed by atoms with Gasteiger partial charge in [-0.25, -0.2) is 0 Å². The van der Waals surface area contributed by atoms with E-state index in [1.165, 1.54) is 23.8 Å². The molecule has 0 aliphatic carbocycles. The van der Waals surface area contributed by atoms with E-state index < -0.39 is 5.91 Å². The average molecular weight is 348 g/mol. The van der Waals surface area contributed by atoms with Gasteiger partial charge in [0.2, 0.25) is 0 Å². The molecule has 26 heavy (non-hydrogen) atoms. The van der Waals surface area contributed by atoms with E-state index in [1.807, 2.05) is 36.4 Å². The van der Waals surface area contributed by atoms with Crippen LogP contribution < -0.4 is 10.6 Å². The predicted octanol–water partition coefficient (Wildman–Crippen LogP) is 3.64. The second-order valence-electron chi connectivity index (χ2n) is 5.95. The van der Waals surface area contributed by atoms with Gasteiger partial charge in [0.25, 0.3) is 5.91 Å². The smallest absolute Gasteiger partial charge is 0.259 e. The summed E-state index contributed by atoms with van der Waals surface area (Å²) >= 11 is 0. The van der Waals surface area contributed by atoms with Gasteiger partial charge in [-0.1, -0.05) is 42.5 Å². The number of amides is 1. The number of anilines is 1. The van der Waals surface area contributed by atoms with Gasteiger partial charge in [-0.15, -0.1) is 0 Å². The number of aromatic hydroxyl groups is 2. The highest BCUT2D eigenvalue weighted by molar-refractivity contribution is 6.06. The van der Waals surface area contributed by atoms with Crippen LogP contribution in [0.5, 0.6) is 11.5 Å². The molecule has 4 N–H and O–H groups in total. The molecule has 1 amide bonds. The maximum Gasteiger partial charge on any atom is 0.259 e. The van der Waals surface area contributed by atoms with E-state index in [0.717, 1.165) is 12.1 Å². The summed E-state index contributed by atoms with van der Waals surface area (Å²) in [4.78, 5) is 12.3. The molecule has 3 rings (SSSR count). The van der Waals surface area contributed by atoms with Crippen LogP contribution in [0.1, 0.15) is 21.5 Å². The lowest BCUT2D eigenvalue weighted by atomic mass is 10.1. The number of benzene rings is 3. The molecule has 5 heteroatoms. The first-order valence-electron chi connectivity index (χ1n) is 8.29. The van der Waals surface area contributed by atoms with Gasteiger partial charge in [0.05, 0.1) is 5.56 Å². The second-order valence-corrected chi connectivity index (χ2v) is 5.95. The zero-order valence-electron chi connectivity index (χ0n) is 14.1. The first kappa shape index (κ1) is 17.5. The molecule has 0 aromatic heterocycles. The monoisotopic (exact) mass is 348 g/mol. The van der Waals surface area contributed by atoms with Gasteiger partial charge in [0.1, 0.15) is 11.5 Å².